The summed E-state index contributed by atoms with van der Waals surface area (Å²) in [6.45, 7) is 3.02. The maximum absolute atomic E-state index is 12.5. The van der Waals surface area contributed by atoms with E-state index in [0.29, 0.717) is 46.6 Å². The van der Waals surface area contributed by atoms with Gasteiger partial charge in [-0.15, -0.1) is 10.2 Å². The quantitative estimate of drug-likeness (QED) is 0.713. The van der Waals surface area contributed by atoms with Crippen molar-refractivity contribution in [3.05, 3.63) is 53.6 Å². The van der Waals surface area contributed by atoms with Gasteiger partial charge in [0.05, 0.1) is 5.56 Å². The van der Waals surface area contributed by atoms with Crippen molar-refractivity contribution in [2.75, 3.05) is 26.2 Å². The summed E-state index contributed by atoms with van der Waals surface area (Å²) >= 11 is 0. The van der Waals surface area contributed by atoms with Crippen LogP contribution in [-0.4, -0.2) is 58.1 Å². The molecule has 1 aromatic heterocycles. The van der Waals surface area contributed by atoms with Crippen LogP contribution in [0.5, 0.6) is 0 Å². The summed E-state index contributed by atoms with van der Waals surface area (Å²) in [5.74, 6) is -0.182. The predicted octanol–water partition coefficient (Wildman–Crippen LogP) is 0.836. The standard InChI is InChI=1S/C19H18N6O2/c20-17(26)14-2-1-3-15-16(14)22-18(24-23-15)12-4-6-13(7-5-12)19(27)25-10-8-21-9-11-25/h1-7,21H,8-11H2,(H2,20,26). The number of nitrogens with one attached hydrogen (secondary N) is 1. The van der Waals surface area contributed by atoms with Crippen LogP contribution in [0.3, 0.4) is 0 Å². The fourth-order valence-electron chi connectivity index (χ4n) is 3.09. The first kappa shape index (κ1) is 17.0. The van der Waals surface area contributed by atoms with E-state index in [-0.39, 0.29) is 5.91 Å². The number of rotatable bonds is 3. The van der Waals surface area contributed by atoms with Gasteiger partial charge in [-0.05, 0) is 24.3 Å². The first-order valence-electron chi connectivity index (χ1n) is 8.67. The van der Waals surface area contributed by atoms with Gasteiger partial charge in [-0.1, -0.05) is 18.2 Å². The maximum Gasteiger partial charge on any atom is 0.253 e. The molecular weight excluding hydrogens is 344 g/mol. The molecule has 3 N–H and O–H groups in total. The van der Waals surface area contributed by atoms with Crippen LogP contribution in [-0.2, 0) is 0 Å². The second kappa shape index (κ2) is 7.08. The molecule has 0 radical (unpaired) electrons. The Hall–Kier alpha value is -3.39. The lowest BCUT2D eigenvalue weighted by atomic mass is 10.1. The largest absolute Gasteiger partial charge is 0.366 e. The van der Waals surface area contributed by atoms with E-state index < -0.39 is 5.91 Å². The minimum atomic E-state index is -0.566. The van der Waals surface area contributed by atoms with Gasteiger partial charge in [0.15, 0.2) is 5.82 Å². The van der Waals surface area contributed by atoms with Gasteiger partial charge in [-0.3, -0.25) is 9.59 Å². The van der Waals surface area contributed by atoms with Crippen LogP contribution in [0.4, 0.5) is 0 Å². The van der Waals surface area contributed by atoms with Crippen molar-refractivity contribution >= 4 is 22.8 Å². The number of nitrogens with two attached hydrogens (primary N) is 1. The molecule has 3 aromatic rings. The fraction of sp³-hybridized carbons (Fsp3) is 0.211. The zero-order valence-corrected chi connectivity index (χ0v) is 14.6. The lowest BCUT2D eigenvalue weighted by molar-refractivity contribution is 0.0735. The number of para-hydroxylation sites is 1. The summed E-state index contributed by atoms with van der Waals surface area (Å²) in [6.07, 6.45) is 0. The molecule has 136 valence electrons. The number of benzene rings is 2. The van der Waals surface area contributed by atoms with Crippen LogP contribution in [0.25, 0.3) is 22.4 Å². The Bertz CT molecular complexity index is 1010. The van der Waals surface area contributed by atoms with Gasteiger partial charge in [0.2, 0.25) is 0 Å². The molecule has 0 unspecified atom stereocenters. The Labute approximate surface area is 155 Å². The van der Waals surface area contributed by atoms with Gasteiger partial charge in [0, 0.05) is 37.3 Å². The minimum Gasteiger partial charge on any atom is -0.366 e. The number of nitrogens with zero attached hydrogens (tertiary/aromatic N) is 4. The Kier molecular flexibility index (Phi) is 4.47. The van der Waals surface area contributed by atoms with Crippen LogP contribution in [0.2, 0.25) is 0 Å². The first-order valence-corrected chi connectivity index (χ1v) is 8.67. The summed E-state index contributed by atoms with van der Waals surface area (Å²) in [7, 11) is 0. The first-order chi connectivity index (χ1) is 13.1. The van der Waals surface area contributed by atoms with E-state index in [1.165, 1.54) is 0 Å². The number of hydrogen-bond donors (Lipinski definition) is 2. The van der Waals surface area contributed by atoms with Crippen molar-refractivity contribution < 1.29 is 9.59 Å². The minimum absolute atomic E-state index is 0.0108. The molecule has 0 aliphatic carbocycles. The second-order valence-electron chi connectivity index (χ2n) is 6.29. The normalized spacial score (nSPS) is 14.3. The highest BCUT2D eigenvalue weighted by atomic mass is 16.2. The third-order valence-corrected chi connectivity index (χ3v) is 4.54. The molecular formula is C19H18N6O2. The monoisotopic (exact) mass is 362 g/mol. The number of aromatic nitrogens is 3. The van der Waals surface area contributed by atoms with Gasteiger partial charge in [0.1, 0.15) is 11.0 Å². The van der Waals surface area contributed by atoms with Crippen LogP contribution >= 0.6 is 0 Å². The molecule has 8 heteroatoms. The molecule has 1 fully saturated rings. The van der Waals surface area contributed by atoms with Gasteiger partial charge in [0.25, 0.3) is 11.8 Å². The van der Waals surface area contributed by atoms with Crippen molar-refractivity contribution in [1.29, 1.82) is 0 Å². The summed E-state index contributed by atoms with van der Waals surface area (Å²) < 4.78 is 0. The van der Waals surface area contributed by atoms with Crippen LogP contribution in [0.15, 0.2) is 42.5 Å². The van der Waals surface area contributed by atoms with Crippen LogP contribution in [0.1, 0.15) is 20.7 Å². The molecule has 4 rings (SSSR count). The average molecular weight is 362 g/mol. The van der Waals surface area contributed by atoms with Crippen LogP contribution < -0.4 is 11.1 Å². The summed E-state index contributed by atoms with van der Waals surface area (Å²) in [6, 6.07) is 12.1. The molecule has 2 aromatic carbocycles. The van der Waals surface area contributed by atoms with Crippen molar-refractivity contribution in [2.45, 2.75) is 0 Å². The molecule has 0 saturated carbocycles. The Balaban J connectivity index is 1.64. The van der Waals surface area contributed by atoms with Gasteiger partial charge in [-0.25, -0.2) is 4.98 Å². The summed E-state index contributed by atoms with van der Waals surface area (Å²) in [5, 5.41) is 11.5. The highest BCUT2D eigenvalue weighted by Gasteiger charge is 2.18. The molecule has 8 nitrogen and oxygen atoms in total. The van der Waals surface area contributed by atoms with Crippen LogP contribution in [0, 0.1) is 0 Å². The topological polar surface area (TPSA) is 114 Å². The fourth-order valence-corrected chi connectivity index (χ4v) is 3.09. The second-order valence-corrected chi connectivity index (χ2v) is 6.29. The lowest BCUT2D eigenvalue weighted by Crippen LogP contribution is -2.46. The molecule has 1 aliphatic heterocycles. The van der Waals surface area contributed by atoms with Crippen molar-refractivity contribution in [1.82, 2.24) is 25.4 Å². The zero-order chi connectivity index (χ0) is 18.8. The van der Waals surface area contributed by atoms with Crippen molar-refractivity contribution in [2.24, 2.45) is 5.73 Å². The number of primary amides is 1. The van der Waals surface area contributed by atoms with Gasteiger partial charge in [-0.2, -0.15) is 0 Å². The van der Waals surface area contributed by atoms with E-state index in [1.54, 1.807) is 42.5 Å². The third kappa shape index (κ3) is 3.34. The predicted molar refractivity (Wildman–Crippen MR) is 100 cm³/mol. The molecule has 1 aliphatic rings. The zero-order valence-electron chi connectivity index (χ0n) is 14.6. The third-order valence-electron chi connectivity index (χ3n) is 4.54. The van der Waals surface area contributed by atoms with E-state index in [1.807, 2.05) is 4.90 Å². The lowest BCUT2D eigenvalue weighted by Gasteiger charge is -2.27. The maximum atomic E-state index is 12.5. The number of piperazine rings is 1. The Morgan fingerprint density at radius 1 is 1.00 bits per heavy atom. The van der Waals surface area contributed by atoms with E-state index in [4.69, 9.17) is 5.73 Å². The van der Waals surface area contributed by atoms with Gasteiger partial charge < -0.3 is 16.0 Å². The summed E-state index contributed by atoms with van der Waals surface area (Å²) in [5.41, 5.74) is 7.96. The number of hydrogen-bond acceptors (Lipinski definition) is 6. The molecule has 0 bridgehead atoms. The number of fused-ring (bicyclic) bond motifs is 1. The Morgan fingerprint density at radius 3 is 2.44 bits per heavy atom. The molecule has 2 heterocycles. The van der Waals surface area contributed by atoms with E-state index in [2.05, 4.69) is 20.5 Å². The number of carbonyl (C=O) groups is 2. The van der Waals surface area contributed by atoms with Crippen molar-refractivity contribution in [3.8, 4) is 11.4 Å². The highest BCUT2D eigenvalue weighted by molar-refractivity contribution is 6.04. The molecule has 2 amide bonds. The smallest absolute Gasteiger partial charge is 0.253 e. The summed E-state index contributed by atoms with van der Waals surface area (Å²) in [4.78, 5) is 30.5. The Morgan fingerprint density at radius 2 is 1.74 bits per heavy atom. The highest BCUT2D eigenvalue weighted by Crippen LogP contribution is 2.20. The number of carbonyl (C=O) groups excluding carboxylic acids is 2. The molecule has 1 saturated heterocycles. The molecule has 27 heavy (non-hydrogen) atoms. The molecule has 0 atom stereocenters. The average Bonchev–Trinajstić information content (AvgIpc) is 2.73. The van der Waals surface area contributed by atoms with Gasteiger partial charge >= 0.3 is 0 Å². The van der Waals surface area contributed by atoms with E-state index >= 15 is 0 Å². The number of amides is 2. The SMILES string of the molecule is NC(=O)c1cccc2nnc(-c3ccc(C(=O)N4CCNCC4)cc3)nc12. The van der Waals surface area contributed by atoms with E-state index in [9.17, 15) is 9.59 Å². The molecule has 0 spiro atoms. The van der Waals surface area contributed by atoms with E-state index in [0.717, 1.165) is 13.1 Å². The van der Waals surface area contributed by atoms with Crippen molar-refractivity contribution in [3.63, 3.8) is 0 Å².